The first-order valence-electron chi connectivity index (χ1n) is 5.38. The first kappa shape index (κ1) is 13.8. The molecule has 0 aliphatic carbocycles. The molecule has 1 atom stereocenters. The molecule has 0 radical (unpaired) electrons. The van der Waals surface area contributed by atoms with Gasteiger partial charge in [0, 0.05) is 6.42 Å². The number of rotatable bonds is 5. The number of carbonyl (C=O) groups excluding carboxylic acids is 1. The number of aromatic hydroxyl groups is 1. The molecule has 5 heteroatoms. The molecule has 0 heterocycles. The van der Waals surface area contributed by atoms with Crippen LogP contribution in [0.2, 0.25) is 5.02 Å². The largest absolute Gasteiger partial charge is 0.506 e. The van der Waals surface area contributed by atoms with Crippen LogP contribution in [0.15, 0.2) is 18.2 Å². The van der Waals surface area contributed by atoms with Gasteiger partial charge in [-0.25, -0.2) is 4.79 Å². The summed E-state index contributed by atoms with van der Waals surface area (Å²) in [5.74, 6) is -0.597. The lowest BCUT2D eigenvalue weighted by atomic mass is 10.2. The van der Waals surface area contributed by atoms with E-state index in [1.807, 2.05) is 6.92 Å². The van der Waals surface area contributed by atoms with Crippen LogP contribution in [0, 0.1) is 0 Å². The molecular formula is C12H15ClO4. The highest BCUT2D eigenvalue weighted by Crippen LogP contribution is 2.23. The standard InChI is InChI=1S/C12H15ClO4/c1-2-9(14)5-6-17-12(16)8-3-4-11(15)10(13)7-8/h3-4,7,9,14-15H,2,5-6H2,1H3. The molecule has 0 saturated carbocycles. The van der Waals surface area contributed by atoms with Crippen LogP contribution in [0.5, 0.6) is 5.75 Å². The van der Waals surface area contributed by atoms with Gasteiger partial charge in [0.2, 0.25) is 0 Å². The fourth-order valence-corrected chi connectivity index (χ4v) is 1.39. The second-order valence-electron chi connectivity index (χ2n) is 3.65. The molecule has 1 unspecified atom stereocenters. The summed E-state index contributed by atoms with van der Waals surface area (Å²) in [5.41, 5.74) is 0.277. The smallest absolute Gasteiger partial charge is 0.338 e. The van der Waals surface area contributed by atoms with Crippen molar-refractivity contribution >= 4 is 17.6 Å². The topological polar surface area (TPSA) is 66.8 Å². The zero-order chi connectivity index (χ0) is 12.8. The van der Waals surface area contributed by atoms with Crippen LogP contribution >= 0.6 is 11.6 Å². The maximum absolute atomic E-state index is 11.5. The van der Waals surface area contributed by atoms with Gasteiger partial charge in [-0.05, 0) is 24.6 Å². The minimum absolute atomic E-state index is 0.0791. The quantitative estimate of drug-likeness (QED) is 0.796. The third kappa shape index (κ3) is 4.24. The molecule has 0 spiro atoms. The molecule has 0 aliphatic rings. The van der Waals surface area contributed by atoms with E-state index in [0.29, 0.717) is 12.8 Å². The summed E-state index contributed by atoms with van der Waals surface area (Å²) < 4.78 is 4.96. The van der Waals surface area contributed by atoms with Gasteiger partial charge in [-0.2, -0.15) is 0 Å². The van der Waals surface area contributed by atoms with Crippen molar-refractivity contribution in [3.05, 3.63) is 28.8 Å². The van der Waals surface area contributed by atoms with E-state index in [9.17, 15) is 15.0 Å². The van der Waals surface area contributed by atoms with Gasteiger partial charge in [0.25, 0.3) is 0 Å². The highest BCUT2D eigenvalue weighted by atomic mass is 35.5. The number of aliphatic hydroxyl groups excluding tert-OH is 1. The number of hydrogen-bond acceptors (Lipinski definition) is 4. The zero-order valence-electron chi connectivity index (χ0n) is 9.52. The third-order valence-electron chi connectivity index (χ3n) is 2.34. The number of ether oxygens (including phenoxy) is 1. The van der Waals surface area contributed by atoms with Crippen LogP contribution in [0.4, 0.5) is 0 Å². The fraction of sp³-hybridized carbons (Fsp3) is 0.417. The Balaban J connectivity index is 2.50. The number of carbonyl (C=O) groups is 1. The van der Waals surface area contributed by atoms with E-state index in [1.54, 1.807) is 0 Å². The SMILES string of the molecule is CCC(O)CCOC(=O)c1ccc(O)c(Cl)c1. The van der Waals surface area contributed by atoms with E-state index in [2.05, 4.69) is 0 Å². The van der Waals surface area contributed by atoms with Gasteiger partial charge in [-0.3, -0.25) is 0 Å². The minimum atomic E-state index is -0.518. The Morgan fingerprint density at radius 3 is 2.82 bits per heavy atom. The maximum Gasteiger partial charge on any atom is 0.338 e. The van der Waals surface area contributed by atoms with Crippen LogP contribution < -0.4 is 0 Å². The Bertz CT molecular complexity index is 392. The number of phenolic OH excluding ortho intramolecular Hbond substituents is 1. The molecule has 1 rings (SSSR count). The molecule has 1 aromatic rings. The molecule has 2 N–H and O–H groups in total. The third-order valence-corrected chi connectivity index (χ3v) is 2.64. The molecule has 17 heavy (non-hydrogen) atoms. The number of benzene rings is 1. The second kappa shape index (κ2) is 6.47. The van der Waals surface area contributed by atoms with E-state index >= 15 is 0 Å². The van der Waals surface area contributed by atoms with Gasteiger partial charge >= 0.3 is 5.97 Å². The van der Waals surface area contributed by atoms with Crippen molar-refractivity contribution in [2.24, 2.45) is 0 Å². The highest BCUT2D eigenvalue weighted by molar-refractivity contribution is 6.32. The van der Waals surface area contributed by atoms with Gasteiger partial charge in [-0.15, -0.1) is 0 Å². The second-order valence-corrected chi connectivity index (χ2v) is 4.06. The molecule has 0 fully saturated rings. The van der Waals surface area contributed by atoms with Crippen LogP contribution in [0.1, 0.15) is 30.1 Å². The van der Waals surface area contributed by atoms with Crippen LogP contribution in [-0.4, -0.2) is 28.9 Å². The van der Waals surface area contributed by atoms with Crippen molar-refractivity contribution in [3.8, 4) is 5.75 Å². The first-order chi connectivity index (χ1) is 8.04. The molecule has 4 nitrogen and oxygen atoms in total. The van der Waals surface area contributed by atoms with Gasteiger partial charge in [0.05, 0.1) is 23.3 Å². The summed E-state index contributed by atoms with van der Waals surface area (Å²) in [7, 11) is 0. The lowest BCUT2D eigenvalue weighted by Gasteiger charge is -2.08. The lowest BCUT2D eigenvalue weighted by Crippen LogP contribution is -2.12. The predicted molar refractivity (Wildman–Crippen MR) is 64.3 cm³/mol. The molecule has 0 saturated heterocycles. The van der Waals surface area contributed by atoms with Crippen LogP contribution in [0.25, 0.3) is 0 Å². The van der Waals surface area contributed by atoms with E-state index in [1.165, 1.54) is 18.2 Å². The number of phenols is 1. The fourth-order valence-electron chi connectivity index (χ4n) is 1.21. The van der Waals surface area contributed by atoms with Gasteiger partial charge in [0.15, 0.2) is 0 Å². The summed E-state index contributed by atoms with van der Waals surface area (Å²) in [6, 6.07) is 4.11. The van der Waals surface area contributed by atoms with Gasteiger partial charge in [0.1, 0.15) is 5.75 Å². The number of hydrogen-bond donors (Lipinski definition) is 2. The number of esters is 1. The van der Waals surface area contributed by atoms with E-state index in [4.69, 9.17) is 16.3 Å². The molecule has 0 aromatic heterocycles. The van der Waals surface area contributed by atoms with Crippen molar-refractivity contribution in [1.82, 2.24) is 0 Å². The average Bonchev–Trinajstić information content (AvgIpc) is 2.32. The average molecular weight is 259 g/mol. The summed E-state index contributed by atoms with van der Waals surface area (Å²) in [6.07, 6.45) is 0.586. The Hall–Kier alpha value is -1.26. The minimum Gasteiger partial charge on any atom is -0.506 e. The number of halogens is 1. The lowest BCUT2D eigenvalue weighted by molar-refractivity contribution is 0.0428. The normalized spacial score (nSPS) is 12.2. The maximum atomic E-state index is 11.5. The molecule has 0 bridgehead atoms. The van der Waals surface area contributed by atoms with Crippen molar-refractivity contribution in [1.29, 1.82) is 0 Å². The number of aliphatic hydroxyl groups is 1. The van der Waals surface area contributed by atoms with Crippen LogP contribution in [0.3, 0.4) is 0 Å². The Morgan fingerprint density at radius 2 is 2.24 bits per heavy atom. The van der Waals surface area contributed by atoms with Gasteiger partial charge < -0.3 is 14.9 Å². The summed E-state index contributed by atoms with van der Waals surface area (Å²) >= 11 is 5.67. The molecular weight excluding hydrogens is 244 g/mol. The molecule has 1 aromatic carbocycles. The summed E-state index contributed by atoms with van der Waals surface area (Å²) in [6.45, 7) is 2.01. The Labute approximate surface area is 105 Å². The molecule has 0 aliphatic heterocycles. The first-order valence-corrected chi connectivity index (χ1v) is 5.76. The van der Waals surface area contributed by atoms with E-state index in [0.717, 1.165) is 0 Å². The molecule has 0 amide bonds. The van der Waals surface area contributed by atoms with Gasteiger partial charge in [-0.1, -0.05) is 18.5 Å². The predicted octanol–water partition coefficient (Wildman–Crippen LogP) is 2.36. The highest BCUT2D eigenvalue weighted by Gasteiger charge is 2.10. The monoisotopic (exact) mass is 258 g/mol. The van der Waals surface area contributed by atoms with Crippen molar-refractivity contribution < 1.29 is 19.7 Å². The molecule has 94 valence electrons. The van der Waals surface area contributed by atoms with Crippen LogP contribution in [-0.2, 0) is 4.74 Å². The van der Waals surface area contributed by atoms with E-state index < -0.39 is 12.1 Å². The zero-order valence-corrected chi connectivity index (χ0v) is 10.3. The Morgan fingerprint density at radius 1 is 1.53 bits per heavy atom. The van der Waals surface area contributed by atoms with E-state index in [-0.39, 0.29) is 22.9 Å². The summed E-state index contributed by atoms with van der Waals surface area (Å²) in [5, 5.41) is 18.6. The van der Waals surface area contributed by atoms with Crippen molar-refractivity contribution in [2.75, 3.05) is 6.61 Å². The summed E-state index contributed by atoms with van der Waals surface area (Å²) in [4.78, 5) is 11.5. The van der Waals surface area contributed by atoms with Crippen molar-refractivity contribution in [2.45, 2.75) is 25.9 Å². The Kier molecular flexibility index (Phi) is 5.25. The van der Waals surface area contributed by atoms with Crippen molar-refractivity contribution in [3.63, 3.8) is 0 Å².